The number of aryl methyl sites for hydroxylation is 2. The molecule has 0 aliphatic rings. The van der Waals surface area contributed by atoms with Gasteiger partial charge in [-0.1, -0.05) is 13.8 Å². The maximum Gasteiger partial charge on any atom is 0.260 e. The van der Waals surface area contributed by atoms with E-state index in [1.165, 1.54) is 6.92 Å². The Bertz CT molecular complexity index is 1120. The summed E-state index contributed by atoms with van der Waals surface area (Å²) >= 11 is 0. The highest BCUT2D eigenvalue weighted by Crippen LogP contribution is 2.30. The number of carbonyl (C=O) groups excluding carboxylic acids is 1. The van der Waals surface area contributed by atoms with Gasteiger partial charge >= 0.3 is 0 Å². The largest absolute Gasteiger partial charge is 0.491 e. The molecular weight excluding hydrogens is 354 g/mol. The number of pyridine rings is 2. The van der Waals surface area contributed by atoms with Crippen molar-refractivity contribution in [2.45, 2.75) is 40.2 Å². The second-order valence-electron chi connectivity index (χ2n) is 7.81. The number of benzene rings is 1. The van der Waals surface area contributed by atoms with Crippen LogP contribution in [0.1, 0.15) is 43.2 Å². The van der Waals surface area contributed by atoms with Gasteiger partial charge in [-0.2, -0.15) is 0 Å². The van der Waals surface area contributed by atoms with Crippen LogP contribution in [0.2, 0.25) is 0 Å². The van der Waals surface area contributed by atoms with E-state index in [1.54, 1.807) is 23.9 Å². The molecule has 0 amide bonds. The van der Waals surface area contributed by atoms with E-state index in [1.807, 2.05) is 19.1 Å². The molecule has 2 aromatic heterocycles. The lowest BCUT2D eigenvalue weighted by Crippen LogP contribution is -2.29. The number of Topliss-reactive ketones (excluding diaryl/α,β-unsaturated/α-hetero) is 1. The summed E-state index contributed by atoms with van der Waals surface area (Å²) in [7, 11) is 1.72. The smallest absolute Gasteiger partial charge is 0.260 e. The maximum absolute atomic E-state index is 12.9. The molecule has 0 radical (unpaired) electrons. The third kappa shape index (κ3) is 3.64. The zero-order valence-electron chi connectivity index (χ0n) is 17.1. The number of carbonyl (C=O) groups is 1. The molecular formula is C22H27N3O3. The quantitative estimate of drug-likeness (QED) is 0.523. The Morgan fingerprint density at radius 1 is 1.29 bits per heavy atom. The third-order valence-electron chi connectivity index (χ3n) is 5.01. The van der Waals surface area contributed by atoms with Gasteiger partial charge in [0.1, 0.15) is 12.4 Å². The Kier molecular flexibility index (Phi) is 5.52. The zero-order valence-corrected chi connectivity index (χ0v) is 17.1. The maximum atomic E-state index is 12.9. The van der Waals surface area contributed by atoms with E-state index in [-0.39, 0.29) is 17.4 Å². The monoisotopic (exact) mass is 381 g/mol. The average molecular weight is 381 g/mol. The molecule has 1 unspecified atom stereocenters. The van der Waals surface area contributed by atoms with Crippen LogP contribution in [0.5, 0.6) is 5.75 Å². The molecule has 0 aliphatic carbocycles. The molecule has 0 saturated heterocycles. The van der Waals surface area contributed by atoms with Crippen LogP contribution in [0, 0.1) is 12.8 Å². The summed E-state index contributed by atoms with van der Waals surface area (Å²) in [6.07, 6.45) is 2.51. The summed E-state index contributed by atoms with van der Waals surface area (Å²) in [5.41, 5.74) is 7.88. The number of rotatable bonds is 6. The van der Waals surface area contributed by atoms with Crippen LogP contribution in [0.4, 0.5) is 0 Å². The molecule has 6 nitrogen and oxygen atoms in total. The molecule has 6 heteroatoms. The Labute approximate surface area is 164 Å². The van der Waals surface area contributed by atoms with Crippen molar-refractivity contribution in [1.82, 2.24) is 9.55 Å². The fourth-order valence-electron chi connectivity index (χ4n) is 3.67. The van der Waals surface area contributed by atoms with E-state index in [9.17, 15) is 9.59 Å². The Morgan fingerprint density at radius 3 is 2.64 bits per heavy atom. The van der Waals surface area contributed by atoms with Crippen LogP contribution < -0.4 is 16.0 Å². The van der Waals surface area contributed by atoms with Crippen molar-refractivity contribution in [3.63, 3.8) is 0 Å². The van der Waals surface area contributed by atoms with E-state index in [2.05, 4.69) is 18.8 Å². The summed E-state index contributed by atoms with van der Waals surface area (Å²) in [5.74, 6) is 0.827. The van der Waals surface area contributed by atoms with Crippen LogP contribution in [0.3, 0.4) is 0 Å². The minimum Gasteiger partial charge on any atom is -0.491 e. The molecule has 0 aliphatic heterocycles. The van der Waals surface area contributed by atoms with Gasteiger partial charge < -0.3 is 15.0 Å². The minimum absolute atomic E-state index is 0.0953. The second-order valence-corrected chi connectivity index (χ2v) is 7.81. The summed E-state index contributed by atoms with van der Waals surface area (Å²) in [6, 6.07) is 5.27. The second kappa shape index (κ2) is 7.72. The molecule has 2 N–H and O–H groups in total. The van der Waals surface area contributed by atoms with Gasteiger partial charge in [-0.25, -0.2) is 0 Å². The fourth-order valence-corrected chi connectivity index (χ4v) is 3.67. The van der Waals surface area contributed by atoms with Crippen molar-refractivity contribution in [3.8, 4) is 5.75 Å². The highest BCUT2D eigenvalue weighted by atomic mass is 16.5. The Hall–Kier alpha value is -2.73. The number of ketones is 1. The highest BCUT2D eigenvalue weighted by Gasteiger charge is 2.17. The van der Waals surface area contributed by atoms with Gasteiger partial charge in [0, 0.05) is 30.7 Å². The minimum atomic E-state index is -0.121. The van der Waals surface area contributed by atoms with Crippen molar-refractivity contribution in [3.05, 3.63) is 46.0 Å². The van der Waals surface area contributed by atoms with Gasteiger partial charge in [-0.3, -0.25) is 14.6 Å². The van der Waals surface area contributed by atoms with Crippen LogP contribution in [0.25, 0.3) is 21.7 Å². The Morgan fingerprint density at radius 2 is 2.00 bits per heavy atom. The van der Waals surface area contributed by atoms with E-state index < -0.39 is 0 Å². The first-order valence-electron chi connectivity index (χ1n) is 9.52. The molecule has 0 spiro atoms. The first-order chi connectivity index (χ1) is 13.2. The van der Waals surface area contributed by atoms with Crippen molar-refractivity contribution in [2.24, 2.45) is 18.7 Å². The number of nitrogens with zero attached hydrogens (tertiary/aromatic N) is 2. The van der Waals surface area contributed by atoms with E-state index in [4.69, 9.17) is 10.5 Å². The van der Waals surface area contributed by atoms with Gasteiger partial charge in [0.2, 0.25) is 0 Å². The van der Waals surface area contributed by atoms with Gasteiger partial charge in [0.25, 0.3) is 5.56 Å². The lowest BCUT2D eigenvalue weighted by atomic mass is 10.0. The van der Waals surface area contributed by atoms with E-state index in [0.29, 0.717) is 40.4 Å². The molecule has 1 aromatic carbocycles. The van der Waals surface area contributed by atoms with E-state index >= 15 is 0 Å². The molecule has 2 heterocycles. The van der Waals surface area contributed by atoms with Crippen molar-refractivity contribution in [2.75, 3.05) is 6.61 Å². The first kappa shape index (κ1) is 20.0. The normalized spacial score (nSPS) is 12.7. The number of aromatic nitrogens is 2. The standard InChI is InChI=1S/C22H27N3O3/c1-12(2)8-15(23)11-28-20-10-19-18(9-17(20)14(4)26)16-6-7-24-13(3)21(16)22(27)25(19)5/h6-7,9-10,12,15H,8,11,23H2,1-5H3. The van der Waals surface area contributed by atoms with Gasteiger partial charge in [0.15, 0.2) is 5.78 Å². The summed E-state index contributed by atoms with van der Waals surface area (Å²) < 4.78 is 7.51. The number of hydrogen-bond acceptors (Lipinski definition) is 5. The van der Waals surface area contributed by atoms with Crippen molar-refractivity contribution < 1.29 is 9.53 Å². The van der Waals surface area contributed by atoms with Crippen LogP contribution in [-0.2, 0) is 7.05 Å². The van der Waals surface area contributed by atoms with Gasteiger partial charge in [-0.15, -0.1) is 0 Å². The average Bonchev–Trinajstić information content (AvgIpc) is 2.63. The van der Waals surface area contributed by atoms with Gasteiger partial charge in [-0.05, 0) is 43.7 Å². The molecule has 148 valence electrons. The van der Waals surface area contributed by atoms with E-state index in [0.717, 1.165) is 17.2 Å². The van der Waals surface area contributed by atoms with Gasteiger partial charge in [0.05, 0.1) is 22.2 Å². The van der Waals surface area contributed by atoms with Crippen LogP contribution in [0.15, 0.2) is 29.2 Å². The topological polar surface area (TPSA) is 87.2 Å². The predicted molar refractivity (Wildman–Crippen MR) is 112 cm³/mol. The molecule has 0 bridgehead atoms. The summed E-state index contributed by atoms with van der Waals surface area (Å²) in [4.78, 5) is 29.4. The van der Waals surface area contributed by atoms with Crippen LogP contribution >= 0.6 is 0 Å². The molecule has 0 saturated carbocycles. The van der Waals surface area contributed by atoms with Crippen molar-refractivity contribution >= 4 is 27.5 Å². The molecule has 1 atom stereocenters. The fraction of sp³-hybridized carbons (Fsp3) is 0.409. The number of nitrogens with two attached hydrogens (primary N) is 1. The van der Waals surface area contributed by atoms with Crippen molar-refractivity contribution in [1.29, 1.82) is 0 Å². The zero-order chi connectivity index (χ0) is 20.6. The lowest BCUT2D eigenvalue weighted by molar-refractivity contribution is 0.101. The highest BCUT2D eigenvalue weighted by molar-refractivity contribution is 6.10. The first-order valence-corrected chi connectivity index (χ1v) is 9.52. The SMILES string of the molecule is CC(=O)c1cc2c3ccnc(C)c3c(=O)n(C)c2cc1OCC(N)CC(C)C. The number of hydrogen-bond donors (Lipinski definition) is 1. The molecule has 28 heavy (non-hydrogen) atoms. The predicted octanol–water partition coefficient (Wildman–Crippen LogP) is 3.35. The Balaban J connectivity index is 2.20. The summed E-state index contributed by atoms with van der Waals surface area (Å²) in [6.45, 7) is 7.85. The van der Waals surface area contributed by atoms with Crippen LogP contribution in [-0.4, -0.2) is 28.0 Å². The summed E-state index contributed by atoms with van der Waals surface area (Å²) in [5, 5.41) is 2.18. The third-order valence-corrected chi connectivity index (χ3v) is 5.01. The molecule has 3 rings (SSSR count). The number of fused-ring (bicyclic) bond motifs is 3. The molecule has 3 aromatic rings. The number of ether oxygens (including phenoxy) is 1. The lowest BCUT2D eigenvalue weighted by Gasteiger charge is -2.18. The molecule has 0 fully saturated rings.